The van der Waals surface area contributed by atoms with Gasteiger partial charge in [-0.25, -0.2) is 0 Å². The molecule has 0 amide bonds. The molecule has 1 N–H and O–H groups in total. The normalized spacial score (nSPS) is 10.2. The second kappa shape index (κ2) is 6.76. The molecule has 0 bridgehead atoms. The van der Waals surface area contributed by atoms with E-state index in [1.54, 1.807) is 24.6 Å². The Bertz CT molecular complexity index is 116. The van der Waals surface area contributed by atoms with Gasteiger partial charge < -0.3 is 5.32 Å². The molecule has 0 unspecified atom stereocenters. The molecular weight excluding hydrogens is 110 g/mol. The second-order valence-electron chi connectivity index (χ2n) is 1.36. The Labute approximate surface area is 56.1 Å². The zero-order valence-electron chi connectivity index (χ0n) is 5.38. The van der Waals surface area contributed by atoms with Crippen molar-refractivity contribution in [3.8, 4) is 0 Å². The van der Waals surface area contributed by atoms with Gasteiger partial charge in [0.1, 0.15) is 0 Å². The molecule has 9 heavy (non-hydrogen) atoms. The molecule has 0 saturated heterocycles. The van der Waals surface area contributed by atoms with Crippen molar-refractivity contribution in [2.75, 3.05) is 0 Å². The first kappa shape index (κ1) is 7.76. The maximum absolute atomic E-state index is 3.51. The van der Waals surface area contributed by atoms with Crippen LogP contribution in [0.25, 0.3) is 0 Å². The Morgan fingerprint density at radius 3 is 1.67 bits per heavy atom. The first-order valence-corrected chi connectivity index (χ1v) is 2.73. The van der Waals surface area contributed by atoms with Crippen LogP contribution in [0.15, 0.2) is 49.9 Å². The minimum absolute atomic E-state index is 1.70. The van der Waals surface area contributed by atoms with Crippen molar-refractivity contribution in [1.82, 2.24) is 5.32 Å². The number of rotatable bonds is 4. The third kappa shape index (κ3) is 6.76. The van der Waals surface area contributed by atoms with Gasteiger partial charge in [-0.05, 0) is 12.2 Å². The maximum Gasteiger partial charge on any atom is 0.000421 e. The molecule has 0 aromatic rings. The molecule has 0 aliphatic heterocycles. The summed E-state index contributed by atoms with van der Waals surface area (Å²) in [5.41, 5.74) is 0. The highest BCUT2D eigenvalue weighted by molar-refractivity contribution is 5.01. The van der Waals surface area contributed by atoms with E-state index in [9.17, 15) is 0 Å². The summed E-state index contributed by atoms with van der Waals surface area (Å²) in [5, 5.41) is 2.88. The van der Waals surface area contributed by atoms with Crippen LogP contribution in [0.2, 0.25) is 0 Å². The van der Waals surface area contributed by atoms with Crippen molar-refractivity contribution in [3.05, 3.63) is 49.9 Å². The summed E-state index contributed by atoms with van der Waals surface area (Å²) in [6.07, 6.45) is 10.6. The predicted molar refractivity (Wildman–Crippen MR) is 41.8 cm³/mol. The fourth-order valence-electron chi connectivity index (χ4n) is 0.303. The zero-order valence-corrected chi connectivity index (χ0v) is 5.38. The van der Waals surface area contributed by atoms with E-state index in [0.717, 1.165) is 0 Å². The van der Waals surface area contributed by atoms with E-state index in [2.05, 4.69) is 18.5 Å². The van der Waals surface area contributed by atoms with Gasteiger partial charge in [-0.2, -0.15) is 0 Å². The van der Waals surface area contributed by atoms with Gasteiger partial charge in [-0.15, -0.1) is 0 Å². The van der Waals surface area contributed by atoms with E-state index in [1.165, 1.54) is 0 Å². The van der Waals surface area contributed by atoms with Crippen molar-refractivity contribution in [3.63, 3.8) is 0 Å². The average molecular weight is 121 g/mol. The number of nitrogens with one attached hydrogen (secondary N) is 1. The molecule has 0 rings (SSSR count). The number of hydrogen-bond donors (Lipinski definition) is 1. The van der Waals surface area contributed by atoms with Crippen LogP contribution in [-0.2, 0) is 0 Å². The van der Waals surface area contributed by atoms with E-state index < -0.39 is 0 Å². The molecule has 0 atom stereocenters. The van der Waals surface area contributed by atoms with Gasteiger partial charge in [0.2, 0.25) is 0 Å². The van der Waals surface area contributed by atoms with Gasteiger partial charge in [0.05, 0.1) is 0 Å². The molecule has 1 nitrogen and oxygen atoms in total. The summed E-state index contributed by atoms with van der Waals surface area (Å²) in [4.78, 5) is 0. The minimum atomic E-state index is 1.70. The van der Waals surface area contributed by atoms with Crippen molar-refractivity contribution in [1.29, 1.82) is 0 Å². The SMILES string of the molecule is C=CC=CNC=CC=C. The van der Waals surface area contributed by atoms with Crippen LogP contribution >= 0.6 is 0 Å². The fraction of sp³-hybridized carbons (Fsp3) is 0. The van der Waals surface area contributed by atoms with Crippen LogP contribution in [0.3, 0.4) is 0 Å². The monoisotopic (exact) mass is 121 g/mol. The van der Waals surface area contributed by atoms with E-state index in [1.807, 2.05) is 12.2 Å². The van der Waals surface area contributed by atoms with Gasteiger partial charge in [0, 0.05) is 12.4 Å². The Morgan fingerprint density at radius 2 is 1.33 bits per heavy atom. The highest BCUT2D eigenvalue weighted by Crippen LogP contribution is 1.70. The second-order valence-corrected chi connectivity index (χ2v) is 1.36. The van der Waals surface area contributed by atoms with Crippen LogP contribution in [0.1, 0.15) is 0 Å². The molecule has 0 spiro atoms. The topological polar surface area (TPSA) is 12.0 Å². The van der Waals surface area contributed by atoms with E-state index in [0.29, 0.717) is 0 Å². The Morgan fingerprint density at radius 1 is 0.889 bits per heavy atom. The Kier molecular flexibility index (Phi) is 5.83. The first-order valence-electron chi connectivity index (χ1n) is 2.73. The maximum atomic E-state index is 3.51. The lowest BCUT2D eigenvalue weighted by Crippen LogP contribution is -1.88. The summed E-state index contributed by atoms with van der Waals surface area (Å²) in [7, 11) is 0. The molecule has 0 saturated carbocycles. The third-order valence-corrected chi connectivity index (χ3v) is 0.657. The molecule has 0 heterocycles. The molecule has 0 aromatic carbocycles. The van der Waals surface area contributed by atoms with Gasteiger partial charge >= 0.3 is 0 Å². The van der Waals surface area contributed by atoms with Crippen molar-refractivity contribution in [2.24, 2.45) is 0 Å². The van der Waals surface area contributed by atoms with Crippen LogP contribution in [0.4, 0.5) is 0 Å². The number of allylic oxidation sites excluding steroid dienone is 4. The lowest BCUT2D eigenvalue weighted by Gasteiger charge is -1.83. The van der Waals surface area contributed by atoms with Crippen LogP contribution < -0.4 is 5.32 Å². The van der Waals surface area contributed by atoms with Crippen LogP contribution in [0, 0.1) is 0 Å². The van der Waals surface area contributed by atoms with Crippen LogP contribution in [-0.4, -0.2) is 0 Å². The fourth-order valence-corrected chi connectivity index (χ4v) is 0.303. The lowest BCUT2D eigenvalue weighted by atomic mass is 10.6. The summed E-state index contributed by atoms with van der Waals surface area (Å²) >= 11 is 0. The van der Waals surface area contributed by atoms with Gasteiger partial charge in [-0.3, -0.25) is 0 Å². The highest BCUT2D eigenvalue weighted by Gasteiger charge is 1.59. The van der Waals surface area contributed by atoms with Gasteiger partial charge in [0.15, 0.2) is 0 Å². The molecule has 0 radical (unpaired) electrons. The highest BCUT2D eigenvalue weighted by atomic mass is 14.8. The van der Waals surface area contributed by atoms with Crippen molar-refractivity contribution < 1.29 is 0 Å². The van der Waals surface area contributed by atoms with E-state index in [4.69, 9.17) is 0 Å². The van der Waals surface area contributed by atoms with E-state index >= 15 is 0 Å². The summed E-state index contributed by atoms with van der Waals surface area (Å²) < 4.78 is 0. The Hall–Kier alpha value is -1.24. The van der Waals surface area contributed by atoms with Crippen molar-refractivity contribution >= 4 is 0 Å². The molecule has 0 fully saturated rings. The van der Waals surface area contributed by atoms with Crippen LogP contribution in [0.5, 0.6) is 0 Å². The average Bonchev–Trinajstić information content (AvgIpc) is 1.89. The molecule has 0 aliphatic carbocycles. The zero-order chi connectivity index (χ0) is 6.95. The molecule has 0 aromatic heterocycles. The quantitative estimate of drug-likeness (QED) is 0.561. The Balaban J connectivity index is 3.27. The summed E-state index contributed by atoms with van der Waals surface area (Å²) in [6.45, 7) is 7.01. The molecule has 48 valence electrons. The predicted octanol–water partition coefficient (Wildman–Crippen LogP) is 1.98. The summed E-state index contributed by atoms with van der Waals surface area (Å²) in [5.74, 6) is 0. The standard InChI is InChI=1S/C8H11N/c1-3-5-7-9-8-6-4-2/h3-9H,1-2H2. The molecular formula is C8H11N. The minimum Gasteiger partial charge on any atom is -0.368 e. The summed E-state index contributed by atoms with van der Waals surface area (Å²) in [6, 6.07) is 0. The van der Waals surface area contributed by atoms with Gasteiger partial charge in [0.25, 0.3) is 0 Å². The van der Waals surface area contributed by atoms with Crippen molar-refractivity contribution in [2.45, 2.75) is 0 Å². The largest absolute Gasteiger partial charge is 0.368 e. The number of hydrogen-bond acceptors (Lipinski definition) is 1. The third-order valence-electron chi connectivity index (χ3n) is 0.657. The molecule has 1 heteroatoms. The first-order chi connectivity index (χ1) is 4.41. The van der Waals surface area contributed by atoms with Gasteiger partial charge in [-0.1, -0.05) is 25.3 Å². The molecule has 0 aliphatic rings. The smallest absolute Gasteiger partial charge is 0.000421 e. The van der Waals surface area contributed by atoms with E-state index in [-0.39, 0.29) is 0 Å². The lowest BCUT2D eigenvalue weighted by molar-refractivity contribution is 1.20.